The van der Waals surface area contributed by atoms with Gasteiger partial charge in [0.05, 0.1) is 11.1 Å². The highest BCUT2D eigenvalue weighted by molar-refractivity contribution is 6.17. The summed E-state index contributed by atoms with van der Waals surface area (Å²) in [5, 5.41) is 2.18. The second-order valence-corrected chi connectivity index (χ2v) is 16.3. The lowest BCUT2D eigenvalue weighted by molar-refractivity contribution is 0.669. The molecule has 0 aliphatic heterocycles. The van der Waals surface area contributed by atoms with Gasteiger partial charge >= 0.3 is 0 Å². The Hall–Kier alpha value is -8.20. The first kappa shape index (κ1) is 36.6. The van der Waals surface area contributed by atoms with E-state index in [1.807, 2.05) is 0 Å². The normalized spacial score (nSPS) is 12.6. The van der Waals surface area contributed by atoms with E-state index >= 15 is 0 Å². The predicted molar refractivity (Wildman–Crippen MR) is 262 cm³/mol. The van der Waals surface area contributed by atoms with Gasteiger partial charge in [-0.3, -0.25) is 0 Å². The van der Waals surface area contributed by atoms with Crippen LogP contribution in [0.1, 0.15) is 22.3 Å². The van der Waals surface area contributed by atoms with Crippen molar-refractivity contribution < 1.29 is 4.42 Å². The van der Waals surface area contributed by atoms with Crippen molar-refractivity contribution in [1.82, 2.24) is 0 Å². The van der Waals surface area contributed by atoms with Crippen LogP contribution in [0.2, 0.25) is 0 Å². The third-order valence-corrected chi connectivity index (χ3v) is 13.0. The molecule has 1 heterocycles. The summed E-state index contributed by atoms with van der Waals surface area (Å²) in [6.45, 7) is 0. The minimum absolute atomic E-state index is 0.555. The molecule has 0 spiro atoms. The number of rotatable bonds is 8. The number of fused-ring (bicyclic) bond motifs is 6. The molecule has 0 unspecified atom stereocenters. The first-order chi connectivity index (χ1) is 31.3. The van der Waals surface area contributed by atoms with Gasteiger partial charge in [0, 0.05) is 27.7 Å². The van der Waals surface area contributed by atoms with Gasteiger partial charge in [-0.25, -0.2) is 0 Å². The van der Waals surface area contributed by atoms with Gasteiger partial charge in [-0.2, -0.15) is 0 Å². The molecule has 12 rings (SSSR count). The Kier molecular flexibility index (Phi) is 8.76. The summed E-state index contributed by atoms with van der Waals surface area (Å²) in [5.41, 5.74) is 18.8. The molecule has 2 heteroatoms. The Labute approximate surface area is 367 Å². The topological polar surface area (TPSA) is 16.4 Å². The molecule has 63 heavy (non-hydrogen) atoms. The van der Waals surface area contributed by atoms with Crippen molar-refractivity contribution in [2.45, 2.75) is 5.41 Å². The van der Waals surface area contributed by atoms with E-state index in [2.05, 4.69) is 254 Å². The lowest BCUT2D eigenvalue weighted by atomic mass is 9.67. The highest BCUT2D eigenvalue weighted by Gasteiger charge is 2.46. The molecule has 0 amide bonds. The molecule has 0 radical (unpaired) electrons. The van der Waals surface area contributed by atoms with Crippen molar-refractivity contribution >= 4 is 39.0 Å². The van der Waals surface area contributed by atoms with Crippen LogP contribution in [0.3, 0.4) is 0 Å². The van der Waals surface area contributed by atoms with Gasteiger partial charge in [-0.15, -0.1) is 0 Å². The van der Waals surface area contributed by atoms with Crippen LogP contribution in [0, 0.1) is 0 Å². The maximum Gasteiger partial charge on any atom is 0.136 e. The van der Waals surface area contributed by atoms with E-state index < -0.39 is 5.41 Å². The Morgan fingerprint density at radius 3 is 1.57 bits per heavy atom. The van der Waals surface area contributed by atoms with E-state index in [0.717, 1.165) is 61.3 Å². The van der Waals surface area contributed by atoms with Gasteiger partial charge in [0.25, 0.3) is 0 Å². The Morgan fingerprint density at radius 2 is 0.873 bits per heavy atom. The molecule has 0 fully saturated rings. The van der Waals surface area contributed by atoms with Crippen LogP contribution < -0.4 is 4.90 Å². The summed E-state index contributed by atoms with van der Waals surface area (Å²) in [6.07, 6.45) is 0. The highest BCUT2D eigenvalue weighted by Crippen LogP contribution is 2.57. The van der Waals surface area contributed by atoms with E-state index in [1.165, 1.54) is 44.5 Å². The Bertz CT molecular complexity index is 3400. The molecular weight excluding hydrogens is 763 g/mol. The van der Waals surface area contributed by atoms with Crippen LogP contribution in [0.25, 0.3) is 66.4 Å². The molecule has 0 saturated heterocycles. The van der Waals surface area contributed by atoms with Crippen LogP contribution in [0.4, 0.5) is 17.1 Å². The lowest BCUT2D eigenvalue weighted by Crippen LogP contribution is -2.28. The zero-order valence-electron chi connectivity index (χ0n) is 34.5. The van der Waals surface area contributed by atoms with Gasteiger partial charge in [-0.1, -0.05) is 206 Å². The number of hydrogen-bond donors (Lipinski definition) is 0. The van der Waals surface area contributed by atoms with E-state index in [4.69, 9.17) is 4.42 Å². The summed E-state index contributed by atoms with van der Waals surface area (Å²) in [6, 6.07) is 90.3. The molecule has 0 N–H and O–H groups in total. The minimum atomic E-state index is -0.555. The van der Waals surface area contributed by atoms with Crippen LogP contribution in [0.5, 0.6) is 0 Å². The smallest absolute Gasteiger partial charge is 0.136 e. The van der Waals surface area contributed by atoms with Crippen LogP contribution in [-0.4, -0.2) is 0 Å². The first-order valence-electron chi connectivity index (χ1n) is 21.7. The van der Waals surface area contributed by atoms with Crippen LogP contribution in [0.15, 0.2) is 253 Å². The van der Waals surface area contributed by atoms with Crippen LogP contribution in [-0.2, 0) is 5.41 Å². The van der Waals surface area contributed by atoms with Gasteiger partial charge in [0.2, 0.25) is 0 Å². The molecule has 10 aromatic carbocycles. The standard InChI is InChI=1S/C61H41NO/c1-4-19-42(20-5-1)43-35-37-47(38-36-43)62(48-26-18-25-46(41-48)61(45-23-8-3-9-24-45)54-32-15-12-28-50(54)51-29-13-16-33-55(51)61)56-39-40-58-60(53-31-14-17-34-57(53)63-58)59(56)52-30-11-10-27-49(52)44-21-6-2-7-22-44/h1-41H. The molecule has 1 aliphatic carbocycles. The van der Waals surface area contributed by atoms with E-state index in [9.17, 15) is 0 Å². The fraction of sp³-hybridized carbons (Fsp3) is 0.0164. The zero-order valence-corrected chi connectivity index (χ0v) is 34.5. The number of furan rings is 1. The van der Waals surface area contributed by atoms with Crippen molar-refractivity contribution in [1.29, 1.82) is 0 Å². The number of para-hydroxylation sites is 1. The molecule has 0 atom stereocenters. The average molecular weight is 804 g/mol. The second-order valence-electron chi connectivity index (χ2n) is 16.3. The van der Waals surface area contributed by atoms with Gasteiger partial charge in [0.15, 0.2) is 0 Å². The summed E-state index contributed by atoms with van der Waals surface area (Å²) < 4.78 is 6.67. The number of nitrogens with zero attached hydrogens (tertiary/aromatic N) is 1. The second kappa shape index (κ2) is 15.1. The molecule has 11 aromatic rings. The van der Waals surface area contributed by atoms with E-state index in [1.54, 1.807) is 0 Å². The molecule has 0 bridgehead atoms. The first-order valence-corrected chi connectivity index (χ1v) is 21.7. The number of anilines is 3. The van der Waals surface area contributed by atoms with Crippen molar-refractivity contribution in [3.05, 3.63) is 271 Å². The Morgan fingerprint density at radius 1 is 0.333 bits per heavy atom. The summed E-state index contributed by atoms with van der Waals surface area (Å²) >= 11 is 0. The number of hydrogen-bond acceptors (Lipinski definition) is 2. The molecule has 1 aliphatic rings. The summed E-state index contributed by atoms with van der Waals surface area (Å²) in [5.74, 6) is 0. The highest BCUT2D eigenvalue weighted by atomic mass is 16.3. The summed E-state index contributed by atoms with van der Waals surface area (Å²) in [4.78, 5) is 2.46. The van der Waals surface area contributed by atoms with Gasteiger partial charge in [-0.05, 0) is 104 Å². The van der Waals surface area contributed by atoms with Crippen molar-refractivity contribution in [2.24, 2.45) is 0 Å². The molecular formula is C61H41NO. The number of benzene rings is 10. The molecule has 0 saturated carbocycles. The lowest BCUT2D eigenvalue weighted by Gasteiger charge is -2.35. The maximum absolute atomic E-state index is 6.67. The fourth-order valence-electron chi connectivity index (χ4n) is 10.3. The average Bonchev–Trinajstić information content (AvgIpc) is 3.89. The molecule has 1 aromatic heterocycles. The monoisotopic (exact) mass is 803 g/mol. The quantitative estimate of drug-likeness (QED) is 0.152. The van der Waals surface area contributed by atoms with Crippen molar-refractivity contribution in [2.75, 3.05) is 4.90 Å². The SMILES string of the molecule is c1ccc(-c2ccc(N(c3cccc(C4(c5ccccc5)c5ccccc5-c5ccccc54)c3)c3ccc4oc5ccccc5c4c3-c3ccccc3-c3ccccc3)cc2)cc1. The third-order valence-electron chi connectivity index (χ3n) is 13.0. The third kappa shape index (κ3) is 5.87. The molecule has 2 nitrogen and oxygen atoms in total. The summed E-state index contributed by atoms with van der Waals surface area (Å²) in [7, 11) is 0. The zero-order chi connectivity index (χ0) is 41.7. The molecule has 296 valence electrons. The van der Waals surface area contributed by atoms with Gasteiger partial charge in [0.1, 0.15) is 11.2 Å². The largest absolute Gasteiger partial charge is 0.456 e. The van der Waals surface area contributed by atoms with Gasteiger partial charge < -0.3 is 9.32 Å². The van der Waals surface area contributed by atoms with Crippen molar-refractivity contribution in [3.8, 4) is 44.5 Å². The maximum atomic E-state index is 6.67. The predicted octanol–water partition coefficient (Wildman–Crippen LogP) is 16.4. The fourth-order valence-corrected chi connectivity index (χ4v) is 10.3. The van der Waals surface area contributed by atoms with E-state index in [-0.39, 0.29) is 0 Å². The van der Waals surface area contributed by atoms with Crippen LogP contribution >= 0.6 is 0 Å². The van der Waals surface area contributed by atoms with E-state index in [0.29, 0.717) is 0 Å². The van der Waals surface area contributed by atoms with Crippen molar-refractivity contribution in [3.63, 3.8) is 0 Å². The minimum Gasteiger partial charge on any atom is -0.456 e. The Balaban J connectivity index is 1.17.